The molecule has 0 spiro atoms. The van der Waals surface area contributed by atoms with Crippen LogP contribution in [0.25, 0.3) is 0 Å². The molecule has 0 radical (unpaired) electrons. The van der Waals surface area contributed by atoms with Crippen LogP contribution < -0.4 is 14.9 Å². The molecule has 1 aliphatic rings. The highest BCUT2D eigenvalue weighted by atomic mass is 32.2. The second-order valence-corrected chi connectivity index (χ2v) is 9.28. The zero-order valence-electron chi connectivity index (χ0n) is 16.5. The van der Waals surface area contributed by atoms with Gasteiger partial charge in [0, 0.05) is 18.2 Å². The number of carbonyl (C=O) groups excluding carboxylic acids is 2. The lowest BCUT2D eigenvalue weighted by Crippen LogP contribution is -2.37. The van der Waals surface area contributed by atoms with E-state index in [9.17, 15) is 18.0 Å². The average Bonchev–Trinajstić information content (AvgIpc) is 2.67. The number of para-hydroxylation sites is 1. The lowest BCUT2D eigenvalue weighted by atomic mass is 10.1. The summed E-state index contributed by atoms with van der Waals surface area (Å²) in [4.78, 5) is 25.0. The highest BCUT2D eigenvalue weighted by Crippen LogP contribution is 2.24. The van der Waals surface area contributed by atoms with Gasteiger partial charge in [0.1, 0.15) is 0 Å². The number of carbonyl (C=O) groups is 2. The maximum absolute atomic E-state index is 12.7. The zero-order chi connectivity index (χ0) is 21.0. The molecule has 0 unspecified atom stereocenters. The second-order valence-electron chi connectivity index (χ2n) is 7.27. The van der Waals surface area contributed by atoms with Gasteiger partial charge >= 0.3 is 0 Å². The fourth-order valence-corrected chi connectivity index (χ4v) is 4.82. The lowest BCUT2D eigenvalue weighted by Gasteiger charge is -2.28. The monoisotopic (exact) mass is 415 g/mol. The molecular formula is C21H25N3O4S. The van der Waals surface area contributed by atoms with E-state index in [-0.39, 0.29) is 23.6 Å². The molecule has 8 heteroatoms. The molecule has 1 aliphatic heterocycles. The van der Waals surface area contributed by atoms with Gasteiger partial charge in [-0.05, 0) is 63.1 Å². The summed E-state index contributed by atoms with van der Waals surface area (Å²) in [5, 5.41) is 5.58. The van der Waals surface area contributed by atoms with Crippen LogP contribution in [0, 0.1) is 0 Å². The maximum Gasteiger partial charge on any atom is 0.255 e. The van der Waals surface area contributed by atoms with E-state index in [4.69, 9.17) is 0 Å². The Morgan fingerprint density at radius 3 is 2.31 bits per heavy atom. The molecule has 2 amide bonds. The van der Waals surface area contributed by atoms with E-state index in [1.807, 2.05) is 13.8 Å². The molecule has 0 atom stereocenters. The van der Waals surface area contributed by atoms with Crippen molar-refractivity contribution in [1.29, 1.82) is 0 Å². The molecule has 154 valence electrons. The number of hydrogen-bond donors (Lipinski definition) is 2. The highest BCUT2D eigenvalue weighted by molar-refractivity contribution is 7.92. The molecule has 2 N–H and O–H groups in total. The fraction of sp³-hybridized carbons (Fsp3) is 0.333. The van der Waals surface area contributed by atoms with Crippen LogP contribution in [0.5, 0.6) is 0 Å². The van der Waals surface area contributed by atoms with Gasteiger partial charge < -0.3 is 10.6 Å². The van der Waals surface area contributed by atoms with Gasteiger partial charge in [-0.1, -0.05) is 12.1 Å². The molecule has 0 saturated carbocycles. The molecule has 29 heavy (non-hydrogen) atoms. The SMILES string of the molecule is CC(C)NC(=O)c1ccccc1NC(=O)c1ccc(N2CCCCS2(=O)=O)cc1. The van der Waals surface area contributed by atoms with Crippen molar-refractivity contribution in [3.63, 3.8) is 0 Å². The average molecular weight is 416 g/mol. The Hall–Kier alpha value is -2.87. The third kappa shape index (κ3) is 4.95. The molecule has 1 fully saturated rings. The third-order valence-corrected chi connectivity index (χ3v) is 6.48. The lowest BCUT2D eigenvalue weighted by molar-refractivity contribution is 0.0944. The molecule has 7 nitrogen and oxygen atoms in total. The molecule has 1 heterocycles. The van der Waals surface area contributed by atoms with Gasteiger partial charge in [-0.15, -0.1) is 0 Å². The summed E-state index contributed by atoms with van der Waals surface area (Å²) in [7, 11) is -3.30. The minimum atomic E-state index is -3.30. The van der Waals surface area contributed by atoms with E-state index in [0.717, 1.165) is 6.42 Å². The first-order valence-electron chi connectivity index (χ1n) is 9.59. The van der Waals surface area contributed by atoms with Crippen LogP contribution in [0.2, 0.25) is 0 Å². The molecule has 0 aliphatic carbocycles. The summed E-state index contributed by atoms with van der Waals surface area (Å²) in [6, 6.07) is 13.2. The van der Waals surface area contributed by atoms with Crippen molar-refractivity contribution in [3.8, 4) is 0 Å². The van der Waals surface area contributed by atoms with Crippen LogP contribution in [0.1, 0.15) is 47.4 Å². The Morgan fingerprint density at radius 2 is 1.66 bits per heavy atom. The standard InChI is InChI=1S/C21H25N3O4S/c1-15(2)22-21(26)18-7-3-4-8-19(18)23-20(25)16-9-11-17(12-10-16)24-13-5-6-14-29(24,27)28/h3-4,7-12,15H,5-6,13-14H2,1-2H3,(H,22,26)(H,23,25). The van der Waals surface area contributed by atoms with E-state index < -0.39 is 10.0 Å². The Bertz CT molecular complexity index is 1000. The molecule has 0 bridgehead atoms. The van der Waals surface area contributed by atoms with Gasteiger partial charge in [0.25, 0.3) is 11.8 Å². The Morgan fingerprint density at radius 1 is 0.966 bits per heavy atom. The third-order valence-electron chi connectivity index (χ3n) is 4.61. The Labute approximate surface area is 171 Å². The predicted molar refractivity (Wildman–Crippen MR) is 114 cm³/mol. The Kier molecular flexibility index (Phi) is 6.22. The van der Waals surface area contributed by atoms with E-state index >= 15 is 0 Å². The van der Waals surface area contributed by atoms with E-state index in [1.165, 1.54) is 4.31 Å². The zero-order valence-corrected chi connectivity index (χ0v) is 17.3. The number of rotatable bonds is 5. The van der Waals surface area contributed by atoms with Crippen molar-refractivity contribution in [2.45, 2.75) is 32.7 Å². The summed E-state index contributed by atoms with van der Waals surface area (Å²) in [5.74, 6) is -0.491. The quantitative estimate of drug-likeness (QED) is 0.785. The largest absolute Gasteiger partial charge is 0.350 e. The van der Waals surface area contributed by atoms with Crippen LogP contribution in [0.3, 0.4) is 0 Å². The summed E-state index contributed by atoms with van der Waals surface area (Å²) in [5.41, 5.74) is 1.73. The first-order valence-corrected chi connectivity index (χ1v) is 11.2. The normalized spacial score (nSPS) is 15.8. The van der Waals surface area contributed by atoms with Gasteiger partial charge in [-0.25, -0.2) is 8.42 Å². The first kappa shape index (κ1) is 20.9. The van der Waals surface area contributed by atoms with Crippen molar-refractivity contribution in [1.82, 2.24) is 5.32 Å². The minimum absolute atomic E-state index is 0.0233. The van der Waals surface area contributed by atoms with Crippen LogP contribution in [-0.4, -0.2) is 38.6 Å². The van der Waals surface area contributed by atoms with Crippen LogP contribution in [0.4, 0.5) is 11.4 Å². The van der Waals surface area contributed by atoms with Crippen molar-refractivity contribution in [2.75, 3.05) is 21.9 Å². The smallest absolute Gasteiger partial charge is 0.255 e. The number of hydrogen-bond acceptors (Lipinski definition) is 4. The summed E-state index contributed by atoms with van der Waals surface area (Å²) < 4.78 is 25.8. The van der Waals surface area contributed by atoms with Crippen molar-refractivity contribution in [2.24, 2.45) is 0 Å². The molecule has 2 aromatic rings. The van der Waals surface area contributed by atoms with Gasteiger partial charge in [0.2, 0.25) is 10.0 Å². The topological polar surface area (TPSA) is 95.6 Å². The van der Waals surface area contributed by atoms with E-state index in [2.05, 4.69) is 10.6 Å². The van der Waals surface area contributed by atoms with Crippen LogP contribution >= 0.6 is 0 Å². The summed E-state index contributed by atoms with van der Waals surface area (Å²) >= 11 is 0. The van der Waals surface area contributed by atoms with Crippen LogP contribution in [-0.2, 0) is 10.0 Å². The summed E-state index contributed by atoms with van der Waals surface area (Å²) in [6.07, 6.45) is 1.49. The molecule has 2 aromatic carbocycles. The molecular weight excluding hydrogens is 390 g/mol. The summed E-state index contributed by atoms with van der Waals surface area (Å²) in [6.45, 7) is 4.18. The maximum atomic E-state index is 12.7. The highest BCUT2D eigenvalue weighted by Gasteiger charge is 2.26. The number of anilines is 2. The fourth-order valence-electron chi connectivity index (χ4n) is 3.18. The van der Waals surface area contributed by atoms with Gasteiger partial charge in [-0.2, -0.15) is 0 Å². The minimum Gasteiger partial charge on any atom is -0.350 e. The Balaban J connectivity index is 1.76. The van der Waals surface area contributed by atoms with Gasteiger partial charge in [-0.3, -0.25) is 13.9 Å². The van der Waals surface area contributed by atoms with Crippen molar-refractivity contribution < 1.29 is 18.0 Å². The number of nitrogens with one attached hydrogen (secondary N) is 2. The molecule has 1 saturated heterocycles. The van der Waals surface area contributed by atoms with Gasteiger partial charge in [0.15, 0.2) is 0 Å². The van der Waals surface area contributed by atoms with Crippen LogP contribution in [0.15, 0.2) is 48.5 Å². The molecule has 3 rings (SSSR count). The van der Waals surface area contributed by atoms with Crippen molar-refractivity contribution in [3.05, 3.63) is 59.7 Å². The van der Waals surface area contributed by atoms with E-state index in [0.29, 0.717) is 35.5 Å². The number of benzene rings is 2. The molecule has 0 aromatic heterocycles. The van der Waals surface area contributed by atoms with E-state index in [1.54, 1.807) is 48.5 Å². The number of nitrogens with zero attached hydrogens (tertiary/aromatic N) is 1. The second kappa shape index (κ2) is 8.65. The van der Waals surface area contributed by atoms with Gasteiger partial charge in [0.05, 0.1) is 22.7 Å². The predicted octanol–water partition coefficient (Wildman–Crippen LogP) is 3.01. The number of sulfonamides is 1. The number of amides is 2. The first-order chi connectivity index (χ1) is 13.8. The van der Waals surface area contributed by atoms with Crippen molar-refractivity contribution >= 4 is 33.2 Å².